The predicted molar refractivity (Wildman–Crippen MR) is 283 cm³/mol. The number of carbonyl (C=O) groups is 2. The minimum Gasteiger partial charge on any atom is -0.480 e. The van der Waals surface area contributed by atoms with Crippen LogP contribution in [0.1, 0.15) is 39.5 Å². The Morgan fingerprint density at radius 1 is 0.632 bits per heavy atom. The zero-order valence-corrected chi connectivity index (χ0v) is 41.6. The lowest BCUT2D eigenvalue weighted by Gasteiger charge is -2.14. The Morgan fingerprint density at radius 3 is 1.70 bits per heavy atom. The van der Waals surface area contributed by atoms with Crippen LogP contribution in [-0.2, 0) is 29.0 Å². The van der Waals surface area contributed by atoms with Crippen molar-refractivity contribution in [1.29, 1.82) is 0 Å². The number of hydrazone groups is 1. The molecule has 0 unspecified atom stereocenters. The summed E-state index contributed by atoms with van der Waals surface area (Å²) in [4.78, 5) is 48.8. The molecule has 22 nitrogen and oxygen atoms in total. The van der Waals surface area contributed by atoms with E-state index >= 15 is 0 Å². The third-order valence-electron chi connectivity index (χ3n) is 11.2. The number of carboxylic acids is 2. The lowest BCUT2D eigenvalue weighted by molar-refractivity contribution is -0.138. The number of nitrogens with two attached hydrogens (primary N) is 1. The lowest BCUT2D eigenvalue weighted by atomic mass is 10.1. The fourth-order valence-corrected chi connectivity index (χ4v) is 7.29. The molecule has 7 aromatic heterocycles. The van der Waals surface area contributed by atoms with Gasteiger partial charge in [-0.1, -0.05) is 36.4 Å². The van der Waals surface area contributed by atoms with Gasteiger partial charge >= 0.3 is 11.9 Å². The molecule has 0 saturated carbocycles. The first-order valence-electron chi connectivity index (χ1n) is 23.5. The minimum absolute atomic E-state index is 0.211. The van der Waals surface area contributed by atoms with Gasteiger partial charge in [0.1, 0.15) is 41.1 Å². The van der Waals surface area contributed by atoms with Gasteiger partial charge in [-0.05, 0) is 133 Å². The second-order valence-electron chi connectivity index (χ2n) is 16.9. The summed E-state index contributed by atoms with van der Waals surface area (Å²) in [6.45, 7) is 7.14. The van der Waals surface area contributed by atoms with E-state index < -0.39 is 18.5 Å². The Kier molecular flexibility index (Phi) is 17.0. The average molecular weight is 1020 g/mol. The van der Waals surface area contributed by atoms with Crippen LogP contribution in [0.25, 0.3) is 22.8 Å². The van der Waals surface area contributed by atoms with Gasteiger partial charge in [0.15, 0.2) is 29.7 Å². The molecule has 76 heavy (non-hydrogen) atoms. The van der Waals surface area contributed by atoms with Crippen LogP contribution in [0.4, 0.5) is 23.0 Å². The molecule has 0 saturated heterocycles. The highest BCUT2D eigenvalue weighted by Crippen LogP contribution is 2.35. The highest BCUT2D eigenvalue weighted by molar-refractivity contribution is 5.85. The summed E-state index contributed by atoms with van der Waals surface area (Å²) >= 11 is 0. The van der Waals surface area contributed by atoms with Gasteiger partial charge in [0.25, 0.3) is 0 Å². The summed E-state index contributed by atoms with van der Waals surface area (Å²) in [6, 6.07) is 37.5. The summed E-state index contributed by atoms with van der Waals surface area (Å²) < 4.78 is 13.8. The molecule has 382 valence electrons. The van der Waals surface area contributed by atoms with Crippen molar-refractivity contribution in [3.63, 3.8) is 0 Å². The van der Waals surface area contributed by atoms with Crippen molar-refractivity contribution in [2.24, 2.45) is 21.2 Å². The number of aliphatic carboxylic acids is 2. The summed E-state index contributed by atoms with van der Waals surface area (Å²) in [7, 11) is 0. The molecule has 9 rings (SSSR count). The molecule has 0 aliphatic rings. The quantitative estimate of drug-likeness (QED) is 0.0176. The van der Waals surface area contributed by atoms with Crippen LogP contribution in [0.3, 0.4) is 0 Å². The maximum Gasteiger partial charge on any atom is 0.327 e. The molecule has 9 aromatic rings. The Labute approximate surface area is 435 Å². The Balaban J connectivity index is 0.000000201. The van der Waals surface area contributed by atoms with Crippen molar-refractivity contribution in [2.75, 3.05) is 17.2 Å². The molecule has 0 bridgehead atoms. The minimum atomic E-state index is -1.09. The number of aryl methyl sites for hydroxylation is 4. The standard InChI is InChI=1S/C27H24N8O3.C27H26N8O3/c1-17-12-23(27(30-18(17)2)22-8-3-4-10-28-22)38-21-9-11-29-24(15-21)31-20-7-5-6-19(13-20)14-25-32-33-34-35(25)16-26(36)37;1-17-12-23(27(32-18(17)2)22-8-3-4-10-29-22)38-21-9-11-30-24(15-21)33-20-7-5-6-19(13-20)14-25(34-28)35-31-16-26(36)37/h3-13,15H,14,16H2,1-2H3,(H,29,31)(H,36,37);3-13,15H,14,16,28H2,1-2H3,(H,30,33)(H,36,37). The molecule has 0 fully saturated rings. The summed E-state index contributed by atoms with van der Waals surface area (Å²) in [5.41, 5.74) is 9.93. The molecule has 0 amide bonds. The third kappa shape index (κ3) is 14.4. The van der Waals surface area contributed by atoms with Crippen LogP contribution >= 0.6 is 0 Å². The maximum absolute atomic E-state index is 11.0. The van der Waals surface area contributed by atoms with Crippen molar-refractivity contribution < 1.29 is 29.3 Å². The molecule has 7 heterocycles. The largest absolute Gasteiger partial charge is 0.480 e. The molecule has 6 N–H and O–H groups in total. The van der Waals surface area contributed by atoms with E-state index in [0.29, 0.717) is 58.3 Å². The molecule has 0 radical (unpaired) electrons. The van der Waals surface area contributed by atoms with E-state index in [9.17, 15) is 9.59 Å². The Morgan fingerprint density at radius 2 is 1.18 bits per heavy atom. The molecule has 0 spiro atoms. The van der Waals surface area contributed by atoms with Crippen LogP contribution < -0.4 is 25.9 Å². The van der Waals surface area contributed by atoms with Gasteiger partial charge in [-0.3, -0.25) is 19.6 Å². The molecule has 2 aromatic carbocycles. The molecule has 0 atom stereocenters. The second kappa shape index (κ2) is 24.8. The molecular weight excluding hydrogens is 969 g/mol. The van der Waals surface area contributed by atoms with E-state index in [0.717, 1.165) is 56.4 Å². The van der Waals surface area contributed by atoms with Crippen LogP contribution in [0.5, 0.6) is 23.0 Å². The number of azo groups is 1. The molecule has 22 heteroatoms. The van der Waals surface area contributed by atoms with E-state index in [2.05, 4.69) is 61.4 Å². The maximum atomic E-state index is 11.0. The number of aromatic nitrogens is 10. The van der Waals surface area contributed by atoms with E-state index in [1.807, 2.05) is 125 Å². The SMILES string of the molecule is Cc1cc(Oc2ccnc(Nc3cccc(CC(N=NCC(=O)O)=NN)c3)c2)c(-c2ccccn2)nc1C.Cc1cc(Oc2ccnc(Nc3cccc(Cc4nnnn4CC(=O)O)c3)c2)c(-c2ccccn2)nc1C. The van der Waals surface area contributed by atoms with Crippen molar-refractivity contribution in [1.82, 2.24) is 50.1 Å². The van der Waals surface area contributed by atoms with Crippen molar-refractivity contribution in [3.8, 4) is 45.8 Å². The number of ether oxygens (including phenoxy) is 2. The van der Waals surface area contributed by atoms with E-state index in [1.165, 1.54) is 4.68 Å². The lowest BCUT2D eigenvalue weighted by Crippen LogP contribution is -2.13. The first-order chi connectivity index (χ1) is 36.8. The van der Waals surface area contributed by atoms with Crippen LogP contribution in [0.2, 0.25) is 0 Å². The van der Waals surface area contributed by atoms with Gasteiger partial charge in [-0.2, -0.15) is 10.2 Å². The highest BCUT2D eigenvalue weighted by Gasteiger charge is 2.16. The number of nitrogens with zero attached hydrogens (tertiary/aromatic N) is 13. The fourth-order valence-electron chi connectivity index (χ4n) is 7.29. The number of hydrogen-bond donors (Lipinski definition) is 5. The third-order valence-corrected chi connectivity index (χ3v) is 11.2. The fraction of sp³-hybridized carbons (Fsp3) is 0.148. The molecule has 0 aliphatic carbocycles. The van der Waals surface area contributed by atoms with Gasteiger partial charge in [-0.25, -0.2) is 24.6 Å². The van der Waals surface area contributed by atoms with Crippen LogP contribution in [0, 0.1) is 27.7 Å². The highest BCUT2D eigenvalue weighted by atomic mass is 16.5. The summed E-state index contributed by atoms with van der Waals surface area (Å²) in [5, 5.41) is 46.6. The van der Waals surface area contributed by atoms with Crippen molar-refractivity contribution in [3.05, 3.63) is 186 Å². The van der Waals surface area contributed by atoms with Gasteiger partial charge in [-0.15, -0.1) is 10.2 Å². The van der Waals surface area contributed by atoms with Gasteiger partial charge < -0.3 is 36.2 Å². The Bertz CT molecular complexity index is 3540. The number of nitrogens with one attached hydrogen (secondary N) is 2. The number of benzene rings is 2. The first-order valence-corrected chi connectivity index (χ1v) is 23.5. The van der Waals surface area contributed by atoms with Gasteiger partial charge in [0.05, 0.1) is 11.4 Å². The zero-order valence-electron chi connectivity index (χ0n) is 41.6. The van der Waals surface area contributed by atoms with Gasteiger partial charge in [0, 0.05) is 72.5 Å². The Hall–Kier alpha value is -10.4. The second-order valence-corrected chi connectivity index (χ2v) is 16.9. The topological polar surface area (TPSA) is 301 Å². The number of hydrogen-bond acceptors (Lipinski definition) is 18. The number of pyridine rings is 6. The van der Waals surface area contributed by atoms with E-state index in [1.54, 1.807) is 49.1 Å². The number of anilines is 4. The molecule has 0 aliphatic heterocycles. The summed E-state index contributed by atoms with van der Waals surface area (Å²) in [5.74, 6) is 7.49. The van der Waals surface area contributed by atoms with E-state index in [4.69, 9.17) is 35.5 Å². The number of tetrazole rings is 1. The van der Waals surface area contributed by atoms with Gasteiger partial charge in [0.2, 0.25) is 0 Å². The monoisotopic (exact) mass is 1020 g/mol. The number of rotatable bonds is 18. The first kappa shape index (κ1) is 52.0. The number of amidine groups is 1. The van der Waals surface area contributed by atoms with E-state index in [-0.39, 0.29) is 18.8 Å². The normalized spacial score (nSPS) is 11.1. The molecular formula is C54H50N16O6. The van der Waals surface area contributed by atoms with Crippen LogP contribution in [-0.4, -0.2) is 84.6 Å². The van der Waals surface area contributed by atoms with Crippen LogP contribution in [0.15, 0.2) is 161 Å². The van der Waals surface area contributed by atoms with Crippen molar-refractivity contribution >= 4 is 40.8 Å². The summed E-state index contributed by atoms with van der Waals surface area (Å²) in [6.07, 6.45) is 7.42. The zero-order chi connectivity index (χ0) is 53.4. The average Bonchev–Trinajstić information content (AvgIpc) is 3.84. The predicted octanol–water partition coefficient (Wildman–Crippen LogP) is 9.40. The number of carboxylic acid groups (broad SMARTS) is 2. The smallest absolute Gasteiger partial charge is 0.327 e. The van der Waals surface area contributed by atoms with Crippen molar-refractivity contribution in [2.45, 2.75) is 47.1 Å².